The van der Waals surface area contributed by atoms with E-state index in [1.165, 1.54) is 0 Å². The second kappa shape index (κ2) is 12.8. The maximum absolute atomic E-state index is 12.2. The number of amides is 1. The molecule has 1 amide bonds. The second-order valence-corrected chi connectivity index (χ2v) is 8.76. The number of nitrogens with zero attached hydrogens (tertiary/aromatic N) is 2. The molecule has 1 saturated heterocycles. The highest BCUT2D eigenvalue weighted by Crippen LogP contribution is 2.30. The van der Waals surface area contributed by atoms with E-state index < -0.39 is 0 Å². The molecule has 184 valence electrons. The molecule has 0 aromatic heterocycles. The van der Waals surface area contributed by atoms with E-state index in [4.69, 9.17) is 9.73 Å². The number of rotatable bonds is 8. The normalized spacial score (nSPS) is 18.0. The topological polar surface area (TPSA) is 78.0 Å². The van der Waals surface area contributed by atoms with Crippen LogP contribution in [0.2, 0.25) is 0 Å². The van der Waals surface area contributed by atoms with E-state index >= 15 is 0 Å². The predicted octanol–water partition coefficient (Wildman–Crippen LogP) is 4.39. The fourth-order valence-electron chi connectivity index (χ4n) is 4.33. The molecular formula is C26H36IN5O2. The van der Waals surface area contributed by atoms with Crippen molar-refractivity contribution in [1.82, 2.24) is 10.6 Å². The molecule has 34 heavy (non-hydrogen) atoms. The number of hydrogen-bond donors (Lipinski definition) is 3. The molecule has 0 bridgehead atoms. The molecule has 0 spiro atoms. The molecule has 1 saturated carbocycles. The fraction of sp³-hybridized carbons (Fsp3) is 0.462. The van der Waals surface area contributed by atoms with Gasteiger partial charge in [0.25, 0.3) is 0 Å². The summed E-state index contributed by atoms with van der Waals surface area (Å²) in [5.74, 6) is 2.03. The molecule has 1 heterocycles. The molecule has 4 rings (SSSR count). The van der Waals surface area contributed by atoms with Crippen molar-refractivity contribution in [1.29, 1.82) is 0 Å². The molecule has 2 fully saturated rings. The Bertz CT molecular complexity index is 979. The van der Waals surface area contributed by atoms with Crippen molar-refractivity contribution in [2.75, 3.05) is 37.0 Å². The standard InChI is InChI=1S/C26H35N5O2.HI/c1-3-27-26(30-22-14-15-31(18-22)23-12-4-5-13-24(23)33-2)28-17-19-8-6-11-21(16-19)29-25(32)20-9-7-10-20;/h4-6,8,11-13,16,20,22H,3,7,9-10,14-15,17-18H2,1-2H3,(H,29,32)(H2,27,28,30);1H. The number of guanidine groups is 1. The number of halogens is 1. The molecule has 0 radical (unpaired) electrons. The number of carbonyl (C=O) groups excluding carboxylic acids is 1. The lowest BCUT2D eigenvalue weighted by molar-refractivity contribution is -0.122. The summed E-state index contributed by atoms with van der Waals surface area (Å²) in [6.45, 7) is 5.29. The highest BCUT2D eigenvalue weighted by molar-refractivity contribution is 14.0. The first-order valence-electron chi connectivity index (χ1n) is 12.0. The summed E-state index contributed by atoms with van der Waals surface area (Å²) in [5.41, 5.74) is 3.05. The van der Waals surface area contributed by atoms with Gasteiger partial charge in [-0.25, -0.2) is 4.99 Å². The van der Waals surface area contributed by atoms with E-state index in [2.05, 4.69) is 33.8 Å². The van der Waals surface area contributed by atoms with Crippen molar-refractivity contribution in [3.05, 3.63) is 54.1 Å². The molecule has 2 aromatic rings. The van der Waals surface area contributed by atoms with Gasteiger partial charge in [-0.1, -0.05) is 30.7 Å². The number of anilines is 2. The Hall–Kier alpha value is -2.49. The van der Waals surface area contributed by atoms with Crippen LogP contribution >= 0.6 is 24.0 Å². The van der Waals surface area contributed by atoms with Gasteiger partial charge >= 0.3 is 0 Å². The third kappa shape index (κ3) is 6.77. The molecule has 1 atom stereocenters. The van der Waals surface area contributed by atoms with Crippen LogP contribution in [0.5, 0.6) is 5.75 Å². The maximum Gasteiger partial charge on any atom is 0.227 e. The minimum atomic E-state index is 0. The summed E-state index contributed by atoms with van der Waals surface area (Å²) in [7, 11) is 1.72. The zero-order valence-corrected chi connectivity index (χ0v) is 22.4. The Morgan fingerprint density at radius 1 is 1.15 bits per heavy atom. The number of carbonyl (C=O) groups is 1. The third-order valence-corrected chi connectivity index (χ3v) is 6.39. The molecule has 2 aromatic carbocycles. The van der Waals surface area contributed by atoms with Crippen LogP contribution in [0.1, 0.15) is 38.2 Å². The van der Waals surface area contributed by atoms with E-state index in [9.17, 15) is 4.79 Å². The van der Waals surface area contributed by atoms with Crippen molar-refractivity contribution in [2.24, 2.45) is 10.9 Å². The lowest BCUT2D eigenvalue weighted by Gasteiger charge is -2.24. The van der Waals surface area contributed by atoms with Gasteiger partial charge in [0.15, 0.2) is 5.96 Å². The van der Waals surface area contributed by atoms with Crippen LogP contribution in [-0.4, -0.2) is 44.7 Å². The van der Waals surface area contributed by atoms with Gasteiger partial charge in [-0.15, -0.1) is 24.0 Å². The summed E-state index contributed by atoms with van der Waals surface area (Å²) in [5, 5.41) is 10.00. The van der Waals surface area contributed by atoms with Crippen molar-refractivity contribution in [3.63, 3.8) is 0 Å². The minimum Gasteiger partial charge on any atom is -0.495 e. The lowest BCUT2D eigenvalue weighted by Crippen LogP contribution is -2.44. The largest absolute Gasteiger partial charge is 0.495 e. The van der Waals surface area contributed by atoms with E-state index in [0.717, 1.165) is 74.0 Å². The van der Waals surface area contributed by atoms with Gasteiger partial charge in [-0.3, -0.25) is 4.79 Å². The molecule has 3 N–H and O–H groups in total. The van der Waals surface area contributed by atoms with Crippen LogP contribution in [0.15, 0.2) is 53.5 Å². The Morgan fingerprint density at radius 3 is 2.71 bits per heavy atom. The van der Waals surface area contributed by atoms with Gasteiger partial charge in [0.05, 0.1) is 19.3 Å². The number of para-hydroxylation sites is 2. The Balaban J connectivity index is 0.00000324. The van der Waals surface area contributed by atoms with E-state index in [-0.39, 0.29) is 35.8 Å². The summed E-state index contributed by atoms with van der Waals surface area (Å²) >= 11 is 0. The Morgan fingerprint density at radius 2 is 1.97 bits per heavy atom. The van der Waals surface area contributed by atoms with Crippen LogP contribution in [-0.2, 0) is 11.3 Å². The number of benzene rings is 2. The van der Waals surface area contributed by atoms with Crippen molar-refractivity contribution in [2.45, 2.75) is 45.2 Å². The number of nitrogens with one attached hydrogen (secondary N) is 3. The molecule has 1 unspecified atom stereocenters. The van der Waals surface area contributed by atoms with Gasteiger partial charge in [-0.2, -0.15) is 0 Å². The van der Waals surface area contributed by atoms with Crippen LogP contribution in [0.25, 0.3) is 0 Å². The maximum atomic E-state index is 12.2. The zero-order valence-electron chi connectivity index (χ0n) is 20.0. The molecule has 1 aliphatic heterocycles. The highest BCUT2D eigenvalue weighted by atomic mass is 127. The van der Waals surface area contributed by atoms with Crippen molar-refractivity contribution >= 4 is 47.2 Å². The Labute approximate surface area is 219 Å². The first kappa shape index (κ1) is 26.1. The quantitative estimate of drug-likeness (QED) is 0.247. The van der Waals surface area contributed by atoms with Gasteiger partial charge in [0.1, 0.15) is 5.75 Å². The monoisotopic (exact) mass is 577 g/mol. The van der Waals surface area contributed by atoms with E-state index in [0.29, 0.717) is 12.6 Å². The smallest absolute Gasteiger partial charge is 0.227 e. The predicted molar refractivity (Wildman–Crippen MR) is 149 cm³/mol. The average molecular weight is 578 g/mol. The number of methoxy groups -OCH3 is 1. The van der Waals surface area contributed by atoms with Crippen LogP contribution < -0.4 is 25.6 Å². The molecule has 7 nitrogen and oxygen atoms in total. The van der Waals surface area contributed by atoms with Crippen LogP contribution in [0.4, 0.5) is 11.4 Å². The Kier molecular flexibility index (Phi) is 9.86. The molecule has 8 heteroatoms. The summed E-state index contributed by atoms with van der Waals surface area (Å²) in [6.07, 6.45) is 4.20. The van der Waals surface area contributed by atoms with Crippen LogP contribution in [0, 0.1) is 5.92 Å². The lowest BCUT2D eigenvalue weighted by atomic mass is 9.85. The summed E-state index contributed by atoms with van der Waals surface area (Å²) < 4.78 is 5.53. The zero-order chi connectivity index (χ0) is 23.0. The average Bonchev–Trinajstić information content (AvgIpc) is 3.25. The second-order valence-electron chi connectivity index (χ2n) is 8.76. The molecule has 1 aliphatic carbocycles. The first-order valence-corrected chi connectivity index (χ1v) is 12.0. The van der Waals surface area contributed by atoms with Crippen molar-refractivity contribution < 1.29 is 9.53 Å². The highest BCUT2D eigenvalue weighted by Gasteiger charge is 2.26. The van der Waals surface area contributed by atoms with Crippen molar-refractivity contribution in [3.8, 4) is 5.75 Å². The molecular weight excluding hydrogens is 541 g/mol. The number of ether oxygens (including phenoxy) is 1. The first-order chi connectivity index (χ1) is 16.2. The summed E-state index contributed by atoms with van der Waals surface area (Å²) in [4.78, 5) is 19.4. The van der Waals surface area contributed by atoms with Gasteiger partial charge in [0, 0.05) is 37.3 Å². The minimum absolute atomic E-state index is 0. The number of hydrogen-bond acceptors (Lipinski definition) is 4. The molecule has 2 aliphatic rings. The number of aliphatic imine (C=N–C) groups is 1. The van der Waals surface area contributed by atoms with E-state index in [1.807, 2.05) is 42.5 Å². The fourth-order valence-corrected chi connectivity index (χ4v) is 4.33. The third-order valence-electron chi connectivity index (χ3n) is 6.39. The van der Waals surface area contributed by atoms with Gasteiger partial charge in [-0.05, 0) is 56.0 Å². The SMILES string of the molecule is CCNC(=NCc1cccc(NC(=O)C2CCC2)c1)NC1CCN(c2ccccc2OC)C1.I. The van der Waals surface area contributed by atoms with E-state index in [1.54, 1.807) is 7.11 Å². The van der Waals surface area contributed by atoms with Gasteiger partial charge < -0.3 is 25.6 Å². The summed E-state index contributed by atoms with van der Waals surface area (Å²) in [6, 6.07) is 16.4. The van der Waals surface area contributed by atoms with Crippen LogP contribution in [0.3, 0.4) is 0 Å². The van der Waals surface area contributed by atoms with Gasteiger partial charge in [0.2, 0.25) is 5.91 Å².